The second-order valence-corrected chi connectivity index (χ2v) is 6.01. The molecule has 6 heteroatoms. The Morgan fingerprint density at radius 2 is 2.09 bits per heavy atom. The maximum Gasteiger partial charge on any atom is 0.315 e. The SMILES string of the molecule is Cc1cc(CNC(=O)NC2COc3cccc(Cl)c32)cc(C)n1. The van der Waals surface area contributed by atoms with E-state index in [2.05, 4.69) is 15.6 Å². The van der Waals surface area contributed by atoms with Gasteiger partial charge < -0.3 is 15.4 Å². The van der Waals surface area contributed by atoms with Crippen molar-refractivity contribution in [2.24, 2.45) is 0 Å². The first-order valence-electron chi connectivity index (χ1n) is 7.42. The number of nitrogens with zero attached hydrogens (tertiary/aromatic N) is 1. The molecule has 120 valence electrons. The number of urea groups is 1. The molecule has 2 amide bonds. The molecular formula is C17H18ClN3O2. The first-order valence-corrected chi connectivity index (χ1v) is 7.80. The van der Waals surface area contributed by atoms with Crippen LogP contribution < -0.4 is 15.4 Å². The number of hydrogen-bond donors (Lipinski definition) is 2. The van der Waals surface area contributed by atoms with Crippen LogP contribution in [0.15, 0.2) is 30.3 Å². The van der Waals surface area contributed by atoms with E-state index in [1.54, 1.807) is 6.07 Å². The largest absolute Gasteiger partial charge is 0.491 e. The Balaban J connectivity index is 1.61. The highest BCUT2D eigenvalue weighted by atomic mass is 35.5. The summed E-state index contributed by atoms with van der Waals surface area (Å²) in [7, 11) is 0. The highest BCUT2D eigenvalue weighted by Gasteiger charge is 2.27. The Morgan fingerprint density at radius 3 is 2.83 bits per heavy atom. The van der Waals surface area contributed by atoms with E-state index in [0.29, 0.717) is 18.2 Å². The topological polar surface area (TPSA) is 63.2 Å². The third kappa shape index (κ3) is 3.56. The molecule has 23 heavy (non-hydrogen) atoms. The first-order chi connectivity index (χ1) is 11.0. The summed E-state index contributed by atoms with van der Waals surface area (Å²) in [6.07, 6.45) is 0. The monoisotopic (exact) mass is 331 g/mol. The number of fused-ring (bicyclic) bond motifs is 1. The maximum atomic E-state index is 12.1. The lowest BCUT2D eigenvalue weighted by atomic mass is 10.1. The molecule has 1 atom stereocenters. The number of carbonyl (C=O) groups is 1. The number of benzene rings is 1. The molecule has 0 fully saturated rings. The summed E-state index contributed by atoms with van der Waals surface area (Å²) in [5.74, 6) is 0.725. The van der Waals surface area contributed by atoms with Crippen molar-refractivity contribution in [2.75, 3.05) is 6.61 Å². The average molecular weight is 332 g/mol. The number of ether oxygens (including phenoxy) is 1. The quantitative estimate of drug-likeness (QED) is 0.907. The summed E-state index contributed by atoms with van der Waals surface area (Å²) in [6, 6.07) is 8.90. The Bertz CT molecular complexity index is 728. The van der Waals surface area contributed by atoms with Crippen LogP contribution in [0.2, 0.25) is 5.02 Å². The molecule has 0 saturated carbocycles. The van der Waals surface area contributed by atoms with Gasteiger partial charge in [-0.3, -0.25) is 4.98 Å². The Morgan fingerprint density at radius 1 is 1.35 bits per heavy atom. The van der Waals surface area contributed by atoms with E-state index >= 15 is 0 Å². The van der Waals surface area contributed by atoms with Gasteiger partial charge in [0.15, 0.2) is 0 Å². The van der Waals surface area contributed by atoms with E-state index in [-0.39, 0.29) is 12.1 Å². The maximum absolute atomic E-state index is 12.1. The van der Waals surface area contributed by atoms with Crippen molar-refractivity contribution in [3.8, 4) is 5.75 Å². The number of pyridine rings is 1. The van der Waals surface area contributed by atoms with Gasteiger partial charge in [0, 0.05) is 28.5 Å². The lowest BCUT2D eigenvalue weighted by Crippen LogP contribution is -2.38. The van der Waals surface area contributed by atoms with E-state index in [4.69, 9.17) is 16.3 Å². The van der Waals surface area contributed by atoms with E-state index in [1.165, 1.54) is 0 Å². The second-order valence-electron chi connectivity index (χ2n) is 5.60. The Labute approximate surface area is 140 Å². The fourth-order valence-electron chi connectivity index (χ4n) is 2.77. The van der Waals surface area contributed by atoms with Crippen LogP contribution in [0.3, 0.4) is 0 Å². The molecule has 0 aliphatic carbocycles. The molecule has 1 aliphatic heterocycles. The number of aryl methyl sites for hydroxylation is 2. The lowest BCUT2D eigenvalue weighted by Gasteiger charge is -2.14. The zero-order valence-electron chi connectivity index (χ0n) is 13.0. The van der Waals surface area contributed by atoms with Gasteiger partial charge in [0.25, 0.3) is 0 Å². The number of carbonyl (C=O) groups excluding carboxylic acids is 1. The molecule has 3 rings (SSSR count). The number of aromatic nitrogens is 1. The summed E-state index contributed by atoms with van der Waals surface area (Å²) in [5.41, 5.74) is 3.73. The smallest absolute Gasteiger partial charge is 0.315 e. The van der Waals surface area contributed by atoms with Gasteiger partial charge in [0.05, 0.1) is 6.04 Å². The summed E-state index contributed by atoms with van der Waals surface area (Å²) in [6.45, 7) is 4.70. The molecule has 0 saturated heterocycles. The summed E-state index contributed by atoms with van der Waals surface area (Å²) in [4.78, 5) is 16.4. The molecule has 5 nitrogen and oxygen atoms in total. The predicted molar refractivity (Wildman–Crippen MR) is 88.8 cm³/mol. The minimum Gasteiger partial charge on any atom is -0.491 e. The van der Waals surface area contributed by atoms with Crippen LogP contribution in [0.25, 0.3) is 0 Å². The molecule has 1 aromatic heterocycles. The van der Waals surface area contributed by atoms with E-state index in [9.17, 15) is 4.79 Å². The molecule has 2 heterocycles. The van der Waals surface area contributed by atoms with E-state index in [0.717, 1.165) is 28.3 Å². The van der Waals surface area contributed by atoms with Gasteiger partial charge in [0.2, 0.25) is 0 Å². The molecule has 0 radical (unpaired) electrons. The molecule has 1 aromatic carbocycles. The van der Waals surface area contributed by atoms with Crippen LogP contribution in [-0.2, 0) is 6.54 Å². The van der Waals surface area contributed by atoms with Crippen LogP contribution in [0.4, 0.5) is 4.79 Å². The predicted octanol–water partition coefficient (Wildman–Crippen LogP) is 3.28. The average Bonchev–Trinajstić information content (AvgIpc) is 2.89. The standard InChI is InChI=1S/C17H18ClN3O2/c1-10-6-12(7-11(2)20-10)8-19-17(22)21-14-9-23-15-5-3-4-13(18)16(14)15/h3-7,14H,8-9H2,1-2H3,(H2,19,21,22). The molecule has 2 N–H and O–H groups in total. The van der Waals surface area contributed by atoms with Gasteiger partial charge in [-0.25, -0.2) is 4.79 Å². The second kappa shape index (κ2) is 6.46. The van der Waals surface area contributed by atoms with Crippen molar-refractivity contribution in [3.05, 3.63) is 57.9 Å². The van der Waals surface area contributed by atoms with Crippen molar-refractivity contribution in [3.63, 3.8) is 0 Å². The first kappa shape index (κ1) is 15.6. The van der Waals surface area contributed by atoms with Gasteiger partial charge in [-0.1, -0.05) is 17.7 Å². The van der Waals surface area contributed by atoms with Crippen molar-refractivity contribution in [1.82, 2.24) is 15.6 Å². The molecule has 2 aromatic rings. The summed E-state index contributed by atoms with van der Waals surface area (Å²) >= 11 is 6.20. The normalized spacial score (nSPS) is 15.7. The molecular weight excluding hydrogens is 314 g/mol. The summed E-state index contributed by atoms with van der Waals surface area (Å²) < 4.78 is 5.55. The van der Waals surface area contributed by atoms with Crippen molar-refractivity contribution in [1.29, 1.82) is 0 Å². The fraction of sp³-hybridized carbons (Fsp3) is 0.294. The molecule has 1 aliphatic rings. The highest BCUT2D eigenvalue weighted by molar-refractivity contribution is 6.31. The zero-order valence-corrected chi connectivity index (χ0v) is 13.8. The van der Waals surface area contributed by atoms with E-state index < -0.39 is 0 Å². The van der Waals surface area contributed by atoms with Crippen LogP contribution in [0.5, 0.6) is 5.75 Å². The fourth-order valence-corrected chi connectivity index (χ4v) is 3.06. The Hall–Kier alpha value is -2.27. The molecule has 1 unspecified atom stereocenters. The van der Waals surface area contributed by atoms with Crippen molar-refractivity contribution in [2.45, 2.75) is 26.4 Å². The van der Waals surface area contributed by atoms with Crippen LogP contribution in [-0.4, -0.2) is 17.6 Å². The molecule has 0 spiro atoms. The van der Waals surface area contributed by atoms with Gasteiger partial charge in [-0.05, 0) is 43.7 Å². The zero-order chi connectivity index (χ0) is 16.4. The number of halogens is 1. The minimum atomic E-state index is -0.251. The third-order valence-electron chi connectivity index (χ3n) is 3.67. The molecule has 0 bridgehead atoms. The number of rotatable bonds is 3. The van der Waals surface area contributed by atoms with Crippen molar-refractivity contribution >= 4 is 17.6 Å². The third-order valence-corrected chi connectivity index (χ3v) is 4.00. The van der Waals surface area contributed by atoms with Gasteiger partial charge >= 0.3 is 6.03 Å². The van der Waals surface area contributed by atoms with E-state index in [1.807, 2.05) is 38.1 Å². The van der Waals surface area contributed by atoms with Gasteiger partial charge in [-0.2, -0.15) is 0 Å². The van der Waals surface area contributed by atoms with Crippen LogP contribution >= 0.6 is 11.6 Å². The van der Waals surface area contributed by atoms with Gasteiger partial charge in [0.1, 0.15) is 12.4 Å². The number of hydrogen-bond acceptors (Lipinski definition) is 3. The van der Waals surface area contributed by atoms with Crippen LogP contribution in [0, 0.1) is 13.8 Å². The van der Waals surface area contributed by atoms with Crippen LogP contribution in [0.1, 0.15) is 28.6 Å². The minimum absolute atomic E-state index is 0.236. The summed E-state index contributed by atoms with van der Waals surface area (Å²) in [5, 5.41) is 6.36. The number of nitrogens with one attached hydrogen (secondary N) is 2. The highest BCUT2D eigenvalue weighted by Crippen LogP contribution is 2.37. The van der Waals surface area contributed by atoms with Gasteiger partial charge in [-0.15, -0.1) is 0 Å². The Kier molecular flexibility index (Phi) is 4.39. The number of amides is 2. The lowest BCUT2D eigenvalue weighted by molar-refractivity contribution is 0.231. The van der Waals surface area contributed by atoms with Crippen molar-refractivity contribution < 1.29 is 9.53 Å².